The van der Waals surface area contributed by atoms with E-state index in [9.17, 15) is 92.0 Å². The summed E-state index contributed by atoms with van der Waals surface area (Å²) >= 11 is 0. The number of rotatable bonds is 62. The monoisotopic (exact) mass is 1870 g/mol. The van der Waals surface area contributed by atoms with E-state index in [-0.39, 0.29) is 170 Å². The minimum absolute atomic E-state index is 0.0148. The summed E-state index contributed by atoms with van der Waals surface area (Å²) in [5.74, 6) is -18.1. The van der Waals surface area contributed by atoms with Crippen LogP contribution in [-0.4, -0.2) is 284 Å². The van der Waals surface area contributed by atoms with Crippen LogP contribution < -0.4 is 104 Å². The number of ketones is 1. The Morgan fingerprint density at radius 1 is 0.432 bits per heavy atom. The quantitative estimate of drug-likeness (QED) is 0.0163. The first-order chi connectivity index (χ1) is 62.1. The number of carbonyl (C=O) groups is 17. The number of aliphatic hydroxyl groups is 2. The van der Waals surface area contributed by atoms with Gasteiger partial charge in [0.15, 0.2) is 17.7 Å². The van der Waals surface area contributed by atoms with Gasteiger partial charge in [0.05, 0.1) is 30.6 Å². The van der Waals surface area contributed by atoms with Gasteiger partial charge in [0, 0.05) is 51.4 Å². The van der Waals surface area contributed by atoms with E-state index in [1.807, 2.05) is 6.92 Å². The molecule has 2 heterocycles. The van der Waals surface area contributed by atoms with Crippen LogP contribution in [0.1, 0.15) is 256 Å². The van der Waals surface area contributed by atoms with Crippen LogP contribution in [0.2, 0.25) is 0 Å². The van der Waals surface area contributed by atoms with Gasteiger partial charge in [-0.15, -0.1) is 0 Å². The van der Waals surface area contributed by atoms with Gasteiger partial charge in [0.1, 0.15) is 78.5 Å². The van der Waals surface area contributed by atoms with Crippen LogP contribution in [0.25, 0.3) is 0 Å². The molecule has 3 fully saturated rings. The zero-order valence-electron chi connectivity index (χ0n) is 78.8. The van der Waals surface area contributed by atoms with Crippen LogP contribution in [0.5, 0.6) is 0 Å². The molecule has 45 nitrogen and oxygen atoms in total. The minimum atomic E-state index is -1.91. The molecule has 2 saturated heterocycles. The van der Waals surface area contributed by atoms with Gasteiger partial charge in [0.2, 0.25) is 82.7 Å². The molecule has 1 saturated carbocycles. The number of likely N-dealkylation sites (tertiary alicyclic amines) is 2. The van der Waals surface area contributed by atoms with Gasteiger partial charge in [0.25, 0.3) is 0 Å². The van der Waals surface area contributed by atoms with Crippen LogP contribution in [-0.2, 0) is 81.5 Å². The Morgan fingerprint density at radius 2 is 0.879 bits per heavy atom. The average molecular weight is 1870 g/mol. The topological polar surface area (TPSA) is 753 Å². The number of aliphatic carboxylic acids is 2. The van der Waals surface area contributed by atoms with Crippen molar-refractivity contribution in [2.24, 2.45) is 85.6 Å². The number of carboxylic acids is 2. The Kier molecular flexibility index (Phi) is 52.0. The summed E-state index contributed by atoms with van der Waals surface area (Å²) < 4.78 is 0. The van der Waals surface area contributed by atoms with Gasteiger partial charge in [-0.3, -0.25) is 92.1 Å². The molecular formula is C87H154N24O21. The summed E-state index contributed by atoms with van der Waals surface area (Å²) in [7, 11) is 0. The number of nitrogens with one attached hydrogen (secondary N) is 13. The number of unbranched alkanes of at least 4 members (excludes halogenated alkanes) is 2. The Bertz CT molecular complexity index is 3890. The number of aliphatic imine (C=N–C) groups is 2. The van der Waals surface area contributed by atoms with Crippen LogP contribution in [0.15, 0.2) is 9.98 Å². The highest BCUT2D eigenvalue weighted by Crippen LogP contribution is 2.30. The molecule has 0 aromatic heterocycles. The molecular weight excluding hydrogens is 1720 g/mol. The van der Waals surface area contributed by atoms with E-state index in [1.54, 1.807) is 48.5 Å². The second-order valence-corrected chi connectivity index (χ2v) is 36.4. The number of hydrogen-bond acceptors (Lipinski definition) is 24. The lowest BCUT2D eigenvalue weighted by atomic mass is 9.84. The van der Waals surface area contributed by atoms with E-state index in [2.05, 4.69) is 73.8 Å². The molecule has 0 bridgehead atoms. The molecule has 0 aromatic carbocycles. The Morgan fingerprint density at radius 3 is 1.38 bits per heavy atom. The van der Waals surface area contributed by atoms with Gasteiger partial charge in [-0.05, 0) is 172 Å². The molecule has 11 unspecified atom stereocenters. The maximum absolute atomic E-state index is 15.0. The first-order valence-corrected chi connectivity index (χ1v) is 46.6. The fraction of sp³-hybridized carbons (Fsp3) is 0.770. The molecule has 0 aromatic rings. The smallest absolute Gasteiger partial charge is 0.326 e. The van der Waals surface area contributed by atoms with Crippen LogP contribution in [0, 0.1) is 40.9 Å². The second-order valence-electron chi connectivity index (χ2n) is 36.4. The number of nitrogens with two attached hydrogens (primary N) is 7. The van der Waals surface area contributed by atoms with Crippen molar-refractivity contribution in [2.45, 2.75) is 353 Å². The Hall–Kier alpha value is -11.0. The number of carboxylic acid groups (broad SMARTS) is 2. The molecule has 3 rings (SSSR count). The van der Waals surface area contributed by atoms with Gasteiger partial charge in [-0.2, -0.15) is 0 Å². The van der Waals surface area contributed by atoms with Crippen LogP contribution in [0.3, 0.4) is 0 Å². The van der Waals surface area contributed by atoms with E-state index in [0.29, 0.717) is 38.6 Å². The van der Waals surface area contributed by atoms with Gasteiger partial charge in [-0.25, -0.2) is 4.79 Å². The standard InChI is InChI=1S/C87H154N24O21/c1-12-49(8)69(84(130)111-39-23-31-65(111)81(127)103-59(85(131)132)27-18-19-35-88)108-78(124)62(43-53-24-14-13-15-25-53)106-75(121)57(28-20-36-96-86(92)93)100-76(122)60(41-47(4)5)105-74(120)56(26-16-17-32-67(90)91)101-79(125)63(45-112)107-82(128)70(52(11)113)109-77(123)61(42-48(6)7)104-72(118)54(40-46(2)3)44-66(114)50(9)98-80(126)64-30-22-38-110(64)83(129)58(29-21-37-97-87(94)95)102-71(117)51(10)99-73(119)55(89)33-34-68(115)116/h46-65,69-70,112-113H,12-45,88-89H2,1-11H3,(H3,90,91)(H,98,126)(H,99,119)(H,100,122)(H,101,125)(H,102,117)(H,103,127)(H,104,118)(H,105,120)(H,106,121)(H,107,128)(H,108,124)(H,109,123)(H,115,116)(H,131,132)(H4,92,93,96)(H4,94,95,97)/t49?,50-,51?,52?,54?,55?,56?,57?,58-,59?,60-,61-,62-,63-,64?,65-,69?,70?/m0/s1. The highest BCUT2D eigenvalue weighted by atomic mass is 16.4. The number of nitrogens with zero attached hydrogens (tertiary/aromatic N) is 4. The molecule has 748 valence electrons. The zero-order chi connectivity index (χ0) is 99.3. The maximum atomic E-state index is 15.0. The lowest BCUT2D eigenvalue weighted by molar-refractivity contribution is -0.145. The SMILES string of the molecule is CCC(C)C(NC(=O)[C@H](CC1CCCCC1)NC(=O)C(CCCN=C(N)N)NC(=O)[C@H](CC(C)C)NC(=O)C(CCCCC(=N)N)NC(=O)[C@H](CO)NC(=O)C(NC(=O)[C@H](CC(C)C)NC(=O)C(CC(=O)[C@H](C)NC(=O)C1CCCN1C(=O)[C@H](CCCN=C(N)N)NC(=O)C(C)NC(=O)C(N)CCC(=O)O)CC(C)C)C(C)O)C(=O)N1CCC[C@H]1C(=O)NC(CCCCN)C(=O)O. The van der Waals surface area contributed by atoms with Crippen molar-refractivity contribution in [1.29, 1.82) is 5.41 Å². The second kappa shape index (κ2) is 59.5. The number of guanidine groups is 2. The summed E-state index contributed by atoms with van der Waals surface area (Å²) in [6.07, 6.45) is 4.28. The molecule has 14 amide bonds. The minimum Gasteiger partial charge on any atom is -0.481 e. The fourth-order valence-electron chi connectivity index (χ4n) is 16.0. The normalized spacial score (nSPS) is 18.1. The Labute approximate surface area is 773 Å². The first kappa shape index (κ1) is 115. The highest BCUT2D eigenvalue weighted by molar-refractivity contribution is 6.01. The van der Waals surface area contributed by atoms with Gasteiger partial charge < -0.3 is 134 Å². The predicted octanol–water partition coefficient (Wildman–Crippen LogP) is -3.06. The van der Waals surface area contributed by atoms with E-state index in [0.717, 1.165) is 39.0 Å². The number of amidine groups is 1. The molecule has 2 aliphatic heterocycles. The number of Topliss-reactive ketones (excluding diaryl/α,β-unsaturated/α-hetero) is 1. The number of aliphatic hydroxyl groups excluding tert-OH is 2. The van der Waals surface area contributed by atoms with Crippen molar-refractivity contribution >= 4 is 118 Å². The van der Waals surface area contributed by atoms with Crippen LogP contribution >= 0.6 is 0 Å². The third-order valence-corrected chi connectivity index (χ3v) is 23.6. The predicted molar refractivity (Wildman–Crippen MR) is 490 cm³/mol. The fourth-order valence-corrected chi connectivity index (χ4v) is 16.0. The van der Waals surface area contributed by atoms with E-state index in [4.69, 9.17) is 50.7 Å². The van der Waals surface area contributed by atoms with Crippen molar-refractivity contribution in [3.05, 3.63) is 0 Å². The number of hydrogen-bond donors (Lipinski definition) is 24. The lowest BCUT2D eigenvalue weighted by Gasteiger charge is -2.34. The third kappa shape index (κ3) is 41.4. The molecule has 31 N–H and O–H groups in total. The average Bonchev–Trinajstić information content (AvgIpc) is 1.65. The lowest BCUT2D eigenvalue weighted by Crippen LogP contribution is -2.62. The largest absolute Gasteiger partial charge is 0.481 e. The summed E-state index contributed by atoms with van der Waals surface area (Å²) in [5, 5.41) is 80.3. The molecule has 132 heavy (non-hydrogen) atoms. The zero-order valence-corrected chi connectivity index (χ0v) is 78.8. The molecule has 3 aliphatic rings. The number of amides is 14. The molecule has 0 radical (unpaired) electrons. The van der Waals surface area contributed by atoms with Crippen molar-refractivity contribution in [3.8, 4) is 0 Å². The van der Waals surface area contributed by atoms with Crippen molar-refractivity contribution in [3.63, 3.8) is 0 Å². The molecule has 18 atom stereocenters. The van der Waals surface area contributed by atoms with E-state index in [1.165, 1.54) is 23.6 Å². The van der Waals surface area contributed by atoms with Crippen molar-refractivity contribution < 1.29 is 102 Å². The summed E-state index contributed by atoms with van der Waals surface area (Å²) in [4.78, 5) is 249. The Balaban J connectivity index is 1.91. The van der Waals surface area contributed by atoms with Crippen molar-refractivity contribution in [1.82, 2.24) is 73.6 Å². The highest BCUT2D eigenvalue weighted by Gasteiger charge is 2.45. The summed E-state index contributed by atoms with van der Waals surface area (Å²) in [6, 6.07) is -20.7. The van der Waals surface area contributed by atoms with Crippen LogP contribution in [0.4, 0.5) is 0 Å². The number of carbonyl (C=O) groups excluding carboxylic acids is 15. The maximum Gasteiger partial charge on any atom is 0.326 e. The van der Waals surface area contributed by atoms with Gasteiger partial charge >= 0.3 is 11.9 Å². The molecule has 45 heteroatoms. The van der Waals surface area contributed by atoms with E-state index >= 15 is 4.79 Å². The van der Waals surface area contributed by atoms with Crippen molar-refractivity contribution in [2.75, 3.05) is 39.3 Å². The summed E-state index contributed by atoms with van der Waals surface area (Å²) in [5.41, 5.74) is 39.5. The molecule has 1 aliphatic carbocycles. The first-order valence-electron chi connectivity index (χ1n) is 46.6. The molecule has 0 spiro atoms. The van der Waals surface area contributed by atoms with Gasteiger partial charge in [-0.1, -0.05) is 100 Å². The summed E-state index contributed by atoms with van der Waals surface area (Å²) in [6.45, 7) is 17.4. The van der Waals surface area contributed by atoms with E-state index < -0.39 is 228 Å². The third-order valence-electron chi connectivity index (χ3n) is 23.6.